The van der Waals surface area contributed by atoms with Gasteiger partial charge in [0.05, 0.1) is 11.4 Å². The summed E-state index contributed by atoms with van der Waals surface area (Å²) in [6.45, 7) is 3.92. The lowest BCUT2D eigenvalue weighted by atomic mass is 9.89. The zero-order valence-corrected chi connectivity index (χ0v) is 16.4. The van der Waals surface area contributed by atoms with E-state index >= 15 is 0 Å². The number of thiazole rings is 1. The number of fused-ring (bicyclic) bond motifs is 1. The summed E-state index contributed by atoms with van der Waals surface area (Å²) in [4.78, 5) is 8.65. The van der Waals surface area contributed by atoms with Crippen molar-refractivity contribution < 1.29 is 0 Å². The van der Waals surface area contributed by atoms with Gasteiger partial charge in [0, 0.05) is 43.0 Å². The molecule has 2 N–H and O–H groups in total. The van der Waals surface area contributed by atoms with Gasteiger partial charge in [-0.05, 0) is 30.9 Å². The van der Waals surface area contributed by atoms with Gasteiger partial charge in [-0.3, -0.25) is 9.30 Å². The van der Waals surface area contributed by atoms with Crippen LogP contribution in [0.1, 0.15) is 41.6 Å². The lowest BCUT2D eigenvalue weighted by Gasteiger charge is -2.17. The SMILES string of the molecule is Cl.NC[C@@H]1CN(Cc2c(C3CC3)nc3sccn23)C[C@H]1c1ccccc1. The molecule has 0 spiro atoms. The van der Waals surface area contributed by atoms with Crippen LogP contribution in [0, 0.1) is 5.92 Å². The molecule has 2 fully saturated rings. The van der Waals surface area contributed by atoms with E-state index < -0.39 is 0 Å². The third kappa shape index (κ3) is 3.18. The molecule has 26 heavy (non-hydrogen) atoms. The van der Waals surface area contributed by atoms with Gasteiger partial charge >= 0.3 is 0 Å². The van der Waals surface area contributed by atoms with Crippen LogP contribution < -0.4 is 5.73 Å². The number of likely N-dealkylation sites (tertiary alicyclic amines) is 1. The van der Waals surface area contributed by atoms with Crippen molar-refractivity contribution in [2.75, 3.05) is 19.6 Å². The largest absolute Gasteiger partial charge is 0.330 e. The average Bonchev–Trinajstić information content (AvgIpc) is 3.11. The summed E-state index contributed by atoms with van der Waals surface area (Å²) in [6.07, 6.45) is 4.78. The zero-order valence-electron chi connectivity index (χ0n) is 14.8. The summed E-state index contributed by atoms with van der Waals surface area (Å²) >= 11 is 1.74. The fraction of sp³-hybridized carbons (Fsp3) is 0.450. The Kier molecular flexibility index (Phi) is 5.06. The number of rotatable bonds is 5. The molecule has 0 amide bonds. The smallest absolute Gasteiger partial charge is 0.194 e. The third-order valence-electron chi connectivity index (χ3n) is 5.78. The van der Waals surface area contributed by atoms with E-state index in [1.54, 1.807) is 11.3 Å². The van der Waals surface area contributed by atoms with Crippen molar-refractivity contribution in [1.29, 1.82) is 0 Å². The molecule has 3 heterocycles. The van der Waals surface area contributed by atoms with E-state index in [4.69, 9.17) is 10.7 Å². The third-order valence-corrected chi connectivity index (χ3v) is 6.53. The van der Waals surface area contributed by atoms with E-state index in [1.807, 2.05) is 0 Å². The molecule has 2 atom stereocenters. The Labute approximate surface area is 164 Å². The summed E-state index contributed by atoms with van der Waals surface area (Å²) in [5, 5.41) is 2.14. The van der Waals surface area contributed by atoms with Crippen LogP contribution in [0.25, 0.3) is 4.96 Å². The topological polar surface area (TPSA) is 46.6 Å². The molecule has 1 aliphatic heterocycles. The maximum absolute atomic E-state index is 6.12. The van der Waals surface area contributed by atoms with E-state index in [0.29, 0.717) is 17.8 Å². The number of imidazole rings is 1. The Morgan fingerprint density at radius 2 is 1.96 bits per heavy atom. The van der Waals surface area contributed by atoms with Gasteiger partial charge in [0.25, 0.3) is 0 Å². The number of halogens is 1. The molecule has 5 rings (SSSR count). The number of aromatic nitrogens is 2. The van der Waals surface area contributed by atoms with Crippen LogP contribution >= 0.6 is 23.7 Å². The second-order valence-corrected chi connectivity index (χ2v) is 8.35. The average molecular weight is 389 g/mol. The van der Waals surface area contributed by atoms with E-state index in [2.05, 4.69) is 51.2 Å². The molecule has 2 aliphatic rings. The summed E-state index contributed by atoms with van der Waals surface area (Å²) in [5.74, 6) is 1.78. The highest BCUT2D eigenvalue weighted by Crippen LogP contribution is 2.42. The highest BCUT2D eigenvalue weighted by Gasteiger charge is 2.35. The van der Waals surface area contributed by atoms with Gasteiger partial charge in [-0.15, -0.1) is 23.7 Å². The molecule has 138 valence electrons. The minimum Gasteiger partial charge on any atom is -0.330 e. The molecular formula is C20H25ClN4S. The molecule has 6 heteroatoms. The lowest BCUT2D eigenvalue weighted by Crippen LogP contribution is -2.24. The lowest BCUT2D eigenvalue weighted by molar-refractivity contribution is 0.311. The first-order valence-corrected chi connectivity index (χ1v) is 10.1. The van der Waals surface area contributed by atoms with Crippen LogP contribution in [-0.4, -0.2) is 33.9 Å². The van der Waals surface area contributed by atoms with Gasteiger partial charge in [-0.25, -0.2) is 4.98 Å². The summed E-state index contributed by atoms with van der Waals surface area (Å²) in [6, 6.07) is 10.9. The highest BCUT2D eigenvalue weighted by molar-refractivity contribution is 7.15. The van der Waals surface area contributed by atoms with Gasteiger partial charge in [-0.1, -0.05) is 30.3 Å². The monoisotopic (exact) mass is 388 g/mol. The maximum atomic E-state index is 6.12. The van der Waals surface area contributed by atoms with Crippen LogP contribution in [-0.2, 0) is 6.54 Å². The second-order valence-electron chi connectivity index (χ2n) is 7.48. The quantitative estimate of drug-likeness (QED) is 0.721. The minimum atomic E-state index is 0. The number of nitrogens with two attached hydrogens (primary N) is 1. The number of hydrogen-bond acceptors (Lipinski definition) is 4. The number of benzene rings is 1. The standard InChI is InChI=1S/C20H24N4S.ClH/c21-10-16-11-23(12-17(16)14-4-2-1-3-5-14)13-18-19(15-6-7-15)22-20-24(18)8-9-25-20;/h1-5,8-9,15-17H,6-7,10-13,21H2;1H/t16-,17+;/m1./s1. The van der Waals surface area contributed by atoms with Crippen molar-refractivity contribution in [3.63, 3.8) is 0 Å². The molecule has 0 unspecified atom stereocenters. The predicted octanol–water partition coefficient (Wildman–Crippen LogP) is 3.87. The highest BCUT2D eigenvalue weighted by atomic mass is 35.5. The van der Waals surface area contributed by atoms with Crippen LogP contribution in [0.5, 0.6) is 0 Å². The Morgan fingerprint density at radius 3 is 2.69 bits per heavy atom. The van der Waals surface area contributed by atoms with Gasteiger partial charge < -0.3 is 5.73 Å². The molecule has 1 aromatic carbocycles. The predicted molar refractivity (Wildman–Crippen MR) is 109 cm³/mol. The molecule has 1 aliphatic carbocycles. The number of hydrogen-bond donors (Lipinski definition) is 1. The van der Waals surface area contributed by atoms with Crippen molar-refractivity contribution in [3.8, 4) is 0 Å². The first kappa shape index (κ1) is 18.0. The number of nitrogens with zero attached hydrogens (tertiary/aromatic N) is 3. The van der Waals surface area contributed by atoms with Crippen molar-refractivity contribution in [2.45, 2.75) is 31.2 Å². The molecule has 2 aromatic heterocycles. The van der Waals surface area contributed by atoms with Crippen LogP contribution in [0.2, 0.25) is 0 Å². The van der Waals surface area contributed by atoms with E-state index in [-0.39, 0.29) is 12.4 Å². The molecule has 1 saturated carbocycles. The van der Waals surface area contributed by atoms with Gasteiger partial charge in [-0.2, -0.15) is 0 Å². The minimum absolute atomic E-state index is 0. The van der Waals surface area contributed by atoms with Crippen molar-refractivity contribution in [3.05, 3.63) is 58.9 Å². The van der Waals surface area contributed by atoms with Crippen molar-refractivity contribution >= 4 is 28.7 Å². The summed E-state index contributed by atoms with van der Waals surface area (Å²) in [7, 11) is 0. The molecule has 1 saturated heterocycles. The van der Waals surface area contributed by atoms with Crippen LogP contribution in [0.15, 0.2) is 41.9 Å². The van der Waals surface area contributed by atoms with Crippen molar-refractivity contribution in [1.82, 2.24) is 14.3 Å². The Balaban J connectivity index is 0.00000168. The van der Waals surface area contributed by atoms with Gasteiger partial charge in [0.1, 0.15) is 0 Å². The van der Waals surface area contributed by atoms with Crippen LogP contribution in [0.4, 0.5) is 0 Å². The van der Waals surface area contributed by atoms with E-state index in [1.165, 1.54) is 29.8 Å². The fourth-order valence-corrected chi connectivity index (χ4v) is 5.05. The van der Waals surface area contributed by atoms with E-state index in [9.17, 15) is 0 Å². The second kappa shape index (κ2) is 7.31. The first-order valence-electron chi connectivity index (χ1n) is 9.25. The van der Waals surface area contributed by atoms with Gasteiger partial charge in [0.15, 0.2) is 4.96 Å². The molecule has 0 bridgehead atoms. The fourth-order valence-electron chi connectivity index (χ4n) is 4.31. The molecular weight excluding hydrogens is 364 g/mol. The van der Waals surface area contributed by atoms with Crippen LogP contribution in [0.3, 0.4) is 0 Å². The Morgan fingerprint density at radius 1 is 1.15 bits per heavy atom. The molecule has 4 nitrogen and oxygen atoms in total. The first-order chi connectivity index (χ1) is 12.3. The summed E-state index contributed by atoms with van der Waals surface area (Å²) in [5.41, 5.74) is 10.3. The van der Waals surface area contributed by atoms with Crippen molar-refractivity contribution in [2.24, 2.45) is 11.7 Å². The summed E-state index contributed by atoms with van der Waals surface area (Å²) < 4.78 is 2.31. The zero-order chi connectivity index (χ0) is 16.8. The molecule has 0 radical (unpaired) electrons. The Bertz CT molecular complexity index is 870. The van der Waals surface area contributed by atoms with E-state index in [0.717, 1.165) is 31.1 Å². The Hall–Kier alpha value is -1.40. The van der Waals surface area contributed by atoms with Gasteiger partial charge in [0.2, 0.25) is 0 Å². The maximum Gasteiger partial charge on any atom is 0.194 e. The normalized spacial score (nSPS) is 23.4. The molecule has 3 aromatic rings.